The minimum absolute atomic E-state index is 0.0460. The molecule has 1 saturated carbocycles. The van der Waals surface area contributed by atoms with Crippen LogP contribution in [-0.4, -0.2) is 22.1 Å². The van der Waals surface area contributed by atoms with E-state index in [-0.39, 0.29) is 5.69 Å². The van der Waals surface area contributed by atoms with Gasteiger partial charge in [0, 0.05) is 6.04 Å². The first kappa shape index (κ1) is 12.0. The standard InChI is InChI=1S/C12H18N2O3/c1-2-8-4-3-5-9(6-8)13-12-14-10(7-17-12)11(15)16/h7-9H,2-6H2,1H3,(H,13,14)(H,15,16). The van der Waals surface area contributed by atoms with Gasteiger partial charge in [0.25, 0.3) is 6.01 Å². The van der Waals surface area contributed by atoms with Crippen molar-refractivity contribution in [1.82, 2.24) is 4.98 Å². The number of nitrogens with one attached hydrogen (secondary N) is 1. The minimum Gasteiger partial charge on any atom is -0.476 e. The van der Waals surface area contributed by atoms with Crippen LogP contribution in [0.4, 0.5) is 6.01 Å². The van der Waals surface area contributed by atoms with E-state index >= 15 is 0 Å². The summed E-state index contributed by atoms with van der Waals surface area (Å²) in [5, 5.41) is 11.9. The quantitative estimate of drug-likeness (QED) is 0.843. The molecule has 1 heterocycles. The highest BCUT2D eigenvalue weighted by Crippen LogP contribution is 2.28. The summed E-state index contributed by atoms with van der Waals surface area (Å²) in [6.45, 7) is 2.21. The molecular formula is C12H18N2O3. The predicted molar refractivity (Wildman–Crippen MR) is 63.1 cm³/mol. The van der Waals surface area contributed by atoms with E-state index < -0.39 is 5.97 Å². The normalized spacial score (nSPS) is 24.5. The summed E-state index contributed by atoms with van der Waals surface area (Å²) in [5.41, 5.74) is -0.0460. The monoisotopic (exact) mass is 238 g/mol. The molecule has 0 radical (unpaired) electrons. The van der Waals surface area contributed by atoms with Crippen LogP contribution in [0.25, 0.3) is 0 Å². The minimum atomic E-state index is -1.06. The van der Waals surface area contributed by atoms with E-state index in [2.05, 4.69) is 17.2 Å². The van der Waals surface area contributed by atoms with Crippen molar-refractivity contribution in [3.63, 3.8) is 0 Å². The zero-order chi connectivity index (χ0) is 12.3. The third-order valence-electron chi connectivity index (χ3n) is 3.41. The lowest BCUT2D eigenvalue weighted by atomic mass is 9.84. The lowest BCUT2D eigenvalue weighted by molar-refractivity contribution is 0.0690. The van der Waals surface area contributed by atoms with Crippen molar-refractivity contribution < 1.29 is 14.3 Å². The number of carbonyl (C=O) groups is 1. The van der Waals surface area contributed by atoms with Crippen molar-refractivity contribution in [2.24, 2.45) is 5.92 Å². The molecule has 1 aliphatic rings. The van der Waals surface area contributed by atoms with E-state index in [0.29, 0.717) is 12.1 Å². The Balaban J connectivity index is 1.93. The molecule has 0 aromatic carbocycles. The van der Waals surface area contributed by atoms with Gasteiger partial charge in [-0.2, -0.15) is 4.98 Å². The number of aromatic nitrogens is 1. The Kier molecular flexibility index (Phi) is 3.66. The molecule has 1 aromatic rings. The number of hydrogen-bond donors (Lipinski definition) is 2. The van der Waals surface area contributed by atoms with Crippen LogP contribution >= 0.6 is 0 Å². The third-order valence-corrected chi connectivity index (χ3v) is 3.41. The zero-order valence-electron chi connectivity index (χ0n) is 9.98. The number of hydrogen-bond acceptors (Lipinski definition) is 4. The van der Waals surface area contributed by atoms with Gasteiger partial charge in [-0.15, -0.1) is 0 Å². The topological polar surface area (TPSA) is 75.4 Å². The average molecular weight is 238 g/mol. The van der Waals surface area contributed by atoms with Gasteiger partial charge in [-0.3, -0.25) is 0 Å². The van der Waals surface area contributed by atoms with Crippen LogP contribution in [0.5, 0.6) is 0 Å². The Labute approximate surface area is 100 Å². The van der Waals surface area contributed by atoms with E-state index in [1.807, 2.05) is 0 Å². The highest BCUT2D eigenvalue weighted by molar-refractivity contribution is 5.85. The van der Waals surface area contributed by atoms with Crippen LogP contribution in [-0.2, 0) is 0 Å². The smallest absolute Gasteiger partial charge is 0.357 e. The van der Waals surface area contributed by atoms with Crippen LogP contribution in [0.3, 0.4) is 0 Å². The number of carboxylic acids is 1. The predicted octanol–water partition coefficient (Wildman–Crippen LogP) is 2.75. The van der Waals surface area contributed by atoms with Crippen molar-refractivity contribution in [2.75, 3.05) is 5.32 Å². The Morgan fingerprint density at radius 3 is 3.12 bits per heavy atom. The molecule has 2 atom stereocenters. The molecule has 1 aliphatic carbocycles. The SMILES string of the molecule is CCC1CCCC(Nc2nc(C(=O)O)co2)C1. The molecule has 0 saturated heterocycles. The van der Waals surface area contributed by atoms with Gasteiger partial charge in [0.05, 0.1) is 0 Å². The molecule has 5 nitrogen and oxygen atoms in total. The maximum Gasteiger partial charge on any atom is 0.357 e. The molecule has 2 N–H and O–H groups in total. The van der Waals surface area contributed by atoms with E-state index in [1.54, 1.807) is 0 Å². The van der Waals surface area contributed by atoms with Gasteiger partial charge in [-0.25, -0.2) is 4.79 Å². The van der Waals surface area contributed by atoms with Gasteiger partial charge in [0.15, 0.2) is 5.69 Å². The van der Waals surface area contributed by atoms with Gasteiger partial charge in [0.2, 0.25) is 0 Å². The molecule has 0 bridgehead atoms. The Bertz CT molecular complexity index is 389. The summed E-state index contributed by atoms with van der Waals surface area (Å²) in [5.74, 6) is -0.299. The fraction of sp³-hybridized carbons (Fsp3) is 0.667. The molecule has 5 heteroatoms. The van der Waals surface area contributed by atoms with E-state index in [0.717, 1.165) is 18.8 Å². The second kappa shape index (κ2) is 5.21. The van der Waals surface area contributed by atoms with Gasteiger partial charge in [-0.05, 0) is 18.8 Å². The first-order chi connectivity index (χ1) is 8.19. The Morgan fingerprint density at radius 2 is 2.47 bits per heavy atom. The molecule has 94 valence electrons. The number of anilines is 1. The molecule has 17 heavy (non-hydrogen) atoms. The fourth-order valence-corrected chi connectivity index (χ4v) is 2.41. The maximum absolute atomic E-state index is 10.7. The fourth-order valence-electron chi connectivity index (χ4n) is 2.41. The highest BCUT2D eigenvalue weighted by atomic mass is 16.4. The van der Waals surface area contributed by atoms with Gasteiger partial charge < -0.3 is 14.8 Å². The number of oxazole rings is 1. The van der Waals surface area contributed by atoms with Crippen molar-refractivity contribution in [3.8, 4) is 0 Å². The van der Waals surface area contributed by atoms with Crippen molar-refractivity contribution in [3.05, 3.63) is 12.0 Å². The summed E-state index contributed by atoms with van der Waals surface area (Å²) >= 11 is 0. The van der Waals surface area contributed by atoms with Crippen LogP contribution in [0.15, 0.2) is 10.7 Å². The van der Waals surface area contributed by atoms with Crippen molar-refractivity contribution in [2.45, 2.75) is 45.1 Å². The molecule has 1 aromatic heterocycles. The molecular weight excluding hydrogens is 220 g/mol. The lowest BCUT2D eigenvalue weighted by Crippen LogP contribution is -2.27. The van der Waals surface area contributed by atoms with Gasteiger partial charge >= 0.3 is 5.97 Å². The van der Waals surface area contributed by atoms with E-state index in [9.17, 15) is 4.79 Å². The molecule has 2 unspecified atom stereocenters. The number of carboxylic acid groups (broad SMARTS) is 1. The van der Waals surface area contributed by atoms with E-state index in [1.165, 1.54) is 25.5 Å². The molecule has 0 spiro atoms. The van der Waals surface area contributed by atoms with Crippen molar-refractivity contribution >= 4 is 12.0 Å². The van der Waals surface area contributed by atoms with E-state index in [4.69, 9.17) is 9.52 Å². The Hall–Kier alpha value is -1.52. The third kappa shape index (κ3) is 2.99. The lowest BCUT2D eigenvalue weighted by Gasteiger charge is -2.28. The van der Waals surface area contributed by atoms with Crippen LogP contribution in [0.2, 0.25) is 0 Å². The van der Waals surface area contributed by atoms with Crippen LogP contribution in [0, 0.1) is 5.92 Å². The van der Waals surface area contributed by atoms with Gasteiger partial charge in [0.1, 0.15) is 6.26 Å². The Morgan fingerprint density at radius 1 is 1.65 bits per heavy atom. The second-order valence-electron chi connectivity index (χ2n) is 4.63. The van der Waals surface area contributed by atoms with Crippen LogP contribution in [0.1, 0.15) is 49.5 Å². The zero-order valence-corrected chi connectivity index (χ0v) is 9.98. The molecule has 0 amide bonds. The first-order valence-electron chi connectivity index (χ1n) is 6.14. The summed E-state index contributed by atoms with van der Waals surface area (Å²) in [4.78, 5) is 14.5. The van der Waals surface area contributed by atoms with Crippen LogP contribution < -0.4 is 5.32 Å². The molecule has 2 rings (SSSR count). The summed E-state index contributed by atoms with van der Waals surface area (Å²) < 4.78 is 5.09. The maximum atomic E-state index is 10.7. The highest BCUT2D eigenvalue weighted by Gasteiger charge is 2.22. The molecule has 0 aliphatic heterocycles. The average Bonchev–Trinajstić information content (AvgIpc) is 2.78. The summed E-state index contributed by atoms with van der Waals surface area (Å²) in [7, 11) is 0. The second-order valence-corrected chi connectivity index (χ2v) is 4.63. The van der Waals surface area contributed by atoms with Gasteiger partial charge in [-0.1, -0.05) is 26.2 Å². The van der Waals surface area contributed by atoms with Crippen molar-refractivity contribution in [1.29, 1.82) is 0 Å². The number of rotatable bonds is 4. The largest absolute Gasteiger partial charge is 0.476 e. The molecule has 1 fully saturated rings. The number of nitrogens with zero attached hydrogens (tertiary/aromatic N) is 1. The summed E-state index contributed by atoms with van der Waals surface area (Å²) in [6, 6.07) is 0.679. The summed E-state index contributed by atoms with van der Waals surface area (Å²) in [6.07, 6.45) is 7.08. The first-order valence-corrected chi connectivity index (χ1v) is 6.14. The number of aromatic carboxylic acids is 1.